The highest BCUT2D eigenvalue weighted by atomic mass is 35.5. The van der Waals surface area contributed by atoms with Crippen LogP contribution >= 0.6 is 11.6 Å². The number of halogens is 1. The maximum Gasteiger partial charge on any atom is 0.124 e. The van der Waals surface area contributed by atoms with Crippen LogP contribution in [0.25, 0.3) is 0 Å². The lowest BCUT2D eigenvalue weighted by Crippen LogP contribution is -2.09. The van der Waals surface area contributed by atoms with Crippen LogP contribution in [0.3, 0.4) is 0 Å². The molecule has 3 rings (SSSR count). The van der Waals surface area contributed by atoms with Gasteiger partial charge >= 0.3 is 0 Å². The van der Waals surface area contributed by atoms with Gasteiger partial charge in [-0.1, -0.05) is 35.9 Å². The fourth-order valence-corrected chi connectivity index (χ4v) is 2.34. The van der Waals surface area contributed by atoms with E-state index in [9.17, 15) is 5.11 Å². The van der Waals surface area contributed by atoms with Crippen LogP contribution in [0.2, 0.25) is 5.02 Å². The van der Waals surface area contributed by atoms with Gasteiger partial charge in [-0.05, 0) is 29.8 Å². The van der Waals surface area contributed by atoms with Crippen molar-refractivity contribution in [2.24, 2.45) is 5.10 Å². The van der Waals surface area contributed by atoms with Crippen LogP contribution in [0.5, 0.6) is 5.75 Å². The van der Waals surface area contributed by atoms with E-state index < -0.39 is 0 Å². The third-order valence-electron chi connectivity index (χ3n) is 3.24. The maximum atomic E-state index is 9.84. The second-order valence-corrected chi connectivity index (χ2v) is 4.95. The largest absolute Gasteiger partial charge is 0.507 e. The van der Waals surface area contributed by atoms with Crippen molar-refractivity contribution in [2.75, 3.05) is 0 Å². The van der Waals surface area contributed by atoms with E-state index in [0.29, 0.717) is 0 Å². The minimum absolute atomic E-state index is 0.131. The van der Waals surface area contributed by atoms with Gasteiger partial charge in [0.2, 0.25) is 0 Å². The van der Waals surface area contributed by atoms with Gasteiger partial charge in [0, 0.05) is 17.0 Å². The van der Waals surface area contributed by atoms with E-state index in [-0.39, 0.29) is 11.8 Å². The predicted molar refractivity (Wildman–Crippen MR) is 76.6 cm³/mol. The van der Waals surface area contributed by atoms with Gasteiger partial charge in [0.1, 0.15) is 5.75 Å². The molecule has 1 atom stereocenters. The molecule has 1 aliphatic rings. The summed E-state index contributed by atoms with van der Waals surface area (Å²) in [6.07, 6.45) is 0.749. The van der Waals surface area contributed by atoms with Crippen LogP contribution in [0.1, 0.15) is 23.6 Å². The number of nitrogens with one attached hydrogen (secondary N) is 1. The van der Waals surface area contributed by atoms with E-state index in [0.717, 1.165) is 28.3 Å². The molecule has 2 N–H and O–H groups in total. The highest BCUT2D eigenvalue weighted by Crippen LogP contribution is 2.28. The molecule has 0 amide bonds. The quantitative estimate of drug-likeness (QED) is 0.879. The Kier molecular flexibility index (Phi) is 3.13. The van der Waals surface area contributed by atoms with E-state index in [2.05, 4.69) is 10.5 Å². The molecule has 3 nitrogen and oxygen atoms in total. The summed E-state index contributed by atoms with van der Waals surface area (Å²) < 4.78 is 0. The minimum Gasteiger partial charge on any atom is -0.507 e. The van der Waals surface area contributed by atoms with Crippen molar-refractivity contribution in [3.05, 3.63) is 64.7 Å². The summed E-state index contributed by atoms with van der Waals surface area (Å²) in [4.78, 5) is 0. The first kappa shape index (κ1) is 12.1. The monoisotopic (exact) mass is 272 g/mol. The first-order chi connectivity index (χ1) is 9.24. The molecule has 2 aromatic rings. The molecular weight excluding hydrogens is 260 g/mol. The van der Waals surface area contributed by atoms with Crippen molar-refractivity contribution >= 4 is 17.3 Å². The lowest BCUT2D eigenvalue weighted by Gasteiger charge is -2.10. The molecule has 96 valence electrons. The predicted octanol–water partition coefficient (Wildman–Crippen LogP) is 3.48. The smallest absolute Gasteiger partial charge is 0.124 e. The number of aromatic hydroxyl groups is 1. The molecule has 0 radical (unpaired) electrons. The van der Waals surface area contributed by atoms with Crippen molar-refractivity contribution in [3.8, 4) is 5.75 Å². The average Bonchev–Trinajstić information content (AvgIpc) is 2.89. The summed E-state index contributed by atoms with van der Waals surface area (Å²) in [5.41, 5.74) is 5.90. The van der Waals surface area contributed by atoms with E-state index >= 15 is 0 Å². The van der Waals surface area contributed by atoms with Gasteiger partial charge in [-0.25, -0.2) is 0 Å². The Morgan fingerprint density at radius 2 is 1.84 bits per heavy atom. The average molecular weight is 273 g/mol. The van der Waals surface area contributed by atoms with Crippen LogP contribution < -0.4 is 5.43 Å². The zero-order valence-electron chi connectivity index (χ0n) is 10.2. The lowest BCUT2D eigenvalue weighted by molar-refractivity contribution is 0.474. The Labute approximate surface area is 116 Å². The van der Waals surface area contributed by atoms with Crippen LogP contribution in [0, 0.1) is 0 Å². The number of hydrazone groups is 1. The van der Waals surface area contributed by atoms with Crippen molar-refractivity contribution < 1.29 is 5.11 Å². The molecular formula is C15H13ClN2O. The van der Waals surface area contributed by atoms with Gasteiger partial charge in [-0.2, -0.15) is 5.10 Å². The van der Waals surface area contributed by atoms with E-state index in [1.54, 1.807) is 12.1 Å². The molecule has 0 fully saturated rings. The van der Waals surface area contributed by atoms with Gasteiger partial charge < -0.3 is 10.5 Å². The summed E-state index contributed by atoms with van der Waals surface area (Å²) in [5, 5.41) is 14.9. The van der Waals surface area contributed by atoms with Crippen LogP contribution in [-0.4, -0.2) is 10.8 Å². The Bertz CT molecular complexity index is 622. The Morgan fingerprint density at radius 3 is 2.58 bits per heavy atom. The molecule has 0 bridgehead atoms. The summed E-state index contributed by atoms with van der Waals surface area (Å²) in [6, 6.07) is 15.1. The summed E-state index contributed by atoms with van der Waals surface area (Å²) >= 11 is 5.88. The van der Waals surface area contributed by atoms with Crippen LogP contribution in [0.4, 0.5) is 0 Å². The van der Waals surface area contributed by atoms with E-state index in [1.807, 2.05) is 36.4 Å². The molecule has 0 spiro atoms. The highest BCUT2D eigenvalue weighted by Gasteiger charge is 2.22. The van der Waals surface area contributed by atoms with E-state index in [1.165, 1.54) is 0 Å². The number of phenolic OH excluding ortho intramolecular Hbond substituents is 1. The first-order valence-corrected chi connectivity index (χ1v) is 6.48. The van der Waals surface area contributed by atoms with Crippen LogP contribution in [0.15, 0.2) is 53.6 Å². The van der Waals surface area contributed by atoms with Gasteiger partial charge in [0.15, 0.2) is 0 Å². The summed E-state index contributed by atoms with van der Waals surface area (Å²) in [7, 11) is 0. The normalized spacial score (nSPS) is 17.9. The molecule has 1 aliphatic heterocycles. The third kappa shape index (κ3) is 2.42. The maximum absolute atomic E-state index is 9.84. The van der Waals surface area contributed by atoms with Crippen molar-refractivity contribution in [1.82, 2.24) is 5.43 Å². The van der Waals surface area contributed by atoms with Gasteiger partial charge in [0.25, 0.3) is 0 Å². The lowest BCUT2D eigenvalue weighted by atomic mass is 9.99. The van der Waals surface area contributed by atoms with Crippen molar-refractivity contribution in [2.45, 2.75) is 12.5 Å². The zero-order chi connectivity index (χ0) is 13.2. The Balaban J connectivity index is 1.80. The van der Waals surface area contributed by atoms with Gasteiger partial charge in [0.05, 0.1) is 11.8 Å². The van der Waals surface area contributed by atoms with Crippen LogP contribution in [-0.2, 0) is 0 Å². The number of benzene rings is 2. The summed E-state index contributed by atoms with van der Waals surface area (Å²) in [5.74, 6) is 0.264. The van der Waals surface area contributed by atoms with Gasteiger partial charge in [-0.3, -0.25) is 0 Å². The molecule has 19 heavy (non-hydrogen) atoms. The topological polar surface area (TPSA) is 44.6 Å². The number of para-hydroxylation sites is 1. The standard InChI is InChI=1S/C15H13ClN2O/c16-11-7-5-10(6-8-11)13-9-14(18-17-13)12-3-1-2-4-15(12)19/h1-8,13,17,19H,9H2. The highest BCUT2D eigenvalue weighted by molar-refractivity contribution is 6.30. The molecule has 0 aromatic heterocycles. The molecule has 4 heteroatoms. The fourth-order valence-electron chi connectivity index (χ4n) is 2.22. The van der Waals surface area contributed by atoms with Gasteiger partial charge in [-0.15, -0.1) is 0 Å². The molecule has 0 saturated heterocycles. The number of phenols is 1. The Hall–Kier alpha value is -2.00. The van der Waals surface area contributed by atoms with E-state index in [4.69, 9.17) is 11.6 Å². The van der Waals surface area contributed by atoms with Crippen molar-refractivity contribution in [1.29, 1.82) is 0 Å². The number of nitrogens with zero attached hydrogens (tertiary/aromatic N) is 1. The number of rotatable bonds is 2. The summed E-state index contributed by atoms with van der Waals surface area (Å²) in [6.45, 7) is 0. The molecule has 1 unspecified atom stereocenters. The number of hydrogen-bond acceptors (Lipinski definition) is 3. The second kappa shape index (κ2) is 4.94. The molecule has 1 heterocycles. The minimum atomic E-state index is 0.131. The molecule has 0 aliphatic carbocycles. The SMILES string of the molecule is Oc1ccccc1C1=NNC(c2ccc(Cl)cc2)C1. The second-order valence-electron chi connectivity index (χ2n) is 4.51. The first-order valence-electron chi connectivity index (χ1n) is 6.10. The number of hydrogen-bond donors (Lipinski definition) is 2. The molecule has 2 aromatic carbocycles. The third-order valence-corrected chi connectivity index (χ3v) is 3.49. The fraction of sp³-hybridized carbons (Fsp3) is 0.133. The zero-order valence-corrected chi connectivity index (χ0v) is 10.9. The van der Waals surface area contributed by atoms with Crippen molar-refractivity contribution in [3.63, 3.8) is 0 Å². The Morgan fingerprint density at radius 1 is 1.11 bits per heavy atom. The molecule has 0 saturated carbocycles.